The third kappa shape index (κ3) is 5.24. The van der Waals surface area contributed by atoms with Crippen LogP contribution >= 0.6 is 0 Å². The molecule has 0 unspecified atom stereocenters. The van der Waals surface area contributed by atoms with Crippen molar-refractivity contribution in [3.63, 3.8) is 0 Å². The number of hydrogen-bond donors (Lipinski definition) is 0. The Bertz CT molecular complexity index is 961. The molecule has 8 heteroatoms. The Morgan fingerprint density at radius 1 is 0.906 bits per heavy atom. The van der Waals surface area contributed by atoms with Crippen LogP contribution in [0.25, 0.3) is 0 Å². The molecule has 0 bridgehead atoms. The van der Waals surface area contributed by atoms with Crippen LogP contribution in [0.1, 0.15) is 33.6 Å². The number of morpholine rings is 1. The first-order valence-electron chi connectivity index (χ1n) is 10.9. The van der Waals surface area contributed by atoms with Gasteiger partial charge in [0.05, 0.1) is 19.8 Å². The van der Waals surface area contributed by atoms with Crippen LogP contribution in [0, 0.1) is 17.6 Å². The third-order valence-electron chi connectivity index (χ3n) is 5.86. The molecule has 0 aromatic heterocycles. The van der Waals surface area contributed by atoms with Gasteiger partial charge in [-0.1, -0.05) is 0 Å². The average molecular weight is 444 g/mol. The van der Waals surface area contributed by atoms with Crippen LogP contribution in [-0.2, 0) is 4.74 Å². The largest absolute Gasteiger partial charge is 0.493 e. The van der Waals surface area contributed by atoms with Crippen molar-refractivity contribution in [2.24, 2.45) is 5.92 Å². The number of carbonyl (C=O) groups excluding carboxylic acids is 2. The van der Waals surface area contributed by atoms with E-state index < -0.39 is 11.6 Å². The summed E-state index contributed by atoms with van der Waals surface area (Å²) in [6.07, 6.45) is 1.73. The maximum Gasteiger partial charge on any atom is 0.254 e. The van der Waals surface area contributed by atoms with E-state index in [1.807, 2.05) is 0 Å². The fourth-order valence-electron chi connectivity index (χ4n) is 4.05. The summed E-state index contributed by atoms with van der Waals surface area (Å²) in [5.41, 5.74) is 0.756. The lowest BCUT2D eigenvalue weighted by atomic mass is 9.98. The molecule has 2 aromatic rings. The van der Waals surface area contributed by atoms with E-state index in [2.05, 4.69) is 0 Å². The summed E-state index contributed by atoms with van der Waals surface area (Å²) >= 11 is 0. The summed E-state index contributed by atoms with van der Waals surface area (Å²) in [5.74, 6) is -1.52. The van der Waals surface area contributed by atoms with Gasteiger partial charge >= 0.3 is 0 Å². The summed E-state index contributed by atoms with van der Waals surface area (Å²) in [6, 6.07) is 10.3. The predicted molar refractivity (Wildman–Crippen MR) is 114 cm³/mol. The SMILES string of the molecule is O=C(c1ccc(OC[C@@H]2CCCN(C(=O)c3ccc(F)c(F)c3)C2)cc1)N1CCOCC1. The highest BCUT2D eigenvalue weighted by molar-refractivity contribution is 5.94. The molecule has 2 saturated heterocycles. The number of benzene rings is 2. The second-order valence-electron chi connectivity index (χ2n) is 8.13. The summed E-state index contributed by atoms with van der Waals surface area (Å²) in [5, 5.41) is 0. The number of rotatable bonds is 5. The monoisotopic (exact) mass is 444 g/mol. The number of likely N-dealkylation sites (tertiary alicyclic amines) is 1. The zero-order valence-electron chi connectivity index (χ0n) is 17.8. The predicted octanol–water partition coefficient (Wildman–Crippen LogP) is 3.37. The van der Waals surface area contributed by atoms with Gasteiger partial charge in [0.25, 0.3) is 11.8 Å². The molecular formula is C24H26F2N2O4. The third-order valence-corrected chi connectivity index (χ3v) is 5.86. The van der Waals surface area contributed by atoms with Gasteiger partial charge in [-0.25, -0.2) is 8.78 Å². The van der Waals surface area contributed by atoms with Crippen molar-refractivity contribution >= 4 is 11.8 Å². The molecule has 2 fully saturated rings. The highest BCUT2D eigenvalue weighted by Gasteiger charge is 2.26. The van der Waals surface area contributed by atoms with E-state index in [-0.39, 0.29) is 23.3 Å². The first kappa shape index (κ1) is 22.2. The van der Waals surface area contributed by atoms with Crippen molar-refractivity contribution in [2.75, 3.05) is 46.0 Å². The molecule has 2 aromatic carbocycles. The van der Waals surface area contributed by atoms with Crippen LogP contribution in [-0.4, -0.2) is 67.6 Å². The van der Waals surface area contributed by atoms with Crippen LogP contribution in [0.2, 0.25) is 0 Å². The Hall–Kier alpha value is -3.00. The van der Waals surface area contributed by atoms with Gasteiger partial charge in [-0.05, 0) is 55.3 Å². The standard InChI is InChI=1S/C24H26F2N2O4/c25-21-8-5-19(14-22(21)26)24(30)28-9-1-2-17(15-28)16-32-20-6-3-18(4-7-20)23(29)27-10-12-31-13-11-27/h3-8,14,17H,1-2,9-13,15-16H2/t17-/m1/s1. The summed E-state index contributed by atoms with van der Waals surface area (Å²) in [7, 11) is 0. The zero-order chi connectivity index (χ0) is 22.5. The average Bonchev–Trinajstić information content (AvgIpc) is 2.84. The maximum atomic E-state index is 13.5. The van der Waals surface area contributed by atoms with Crippen molar-refractivity contribution in [3.8, 4) is 5.75 Å². The Kier molecular flexibility index (Phi) is 6.99. The van der Waals surface area contributed by atoms with Gasteiger partial charge < -0.3 is 19.3 Å². The lowest BCUT2D eigenvalue weighted by molar-refractivity contribution is 0.0303. The molecule has 0 N–H and O–H groups in total. The fourth-order valence-corrected chi connectivity index (χ4v) is 4.05. The molecule has 0 radical (unpaired) electrons. The minimum atomic E-state index is -1.02. The number of ether oxygens (including phenoxy) is 2. The lowest BCUT2D eigenvalue weighted by Crippen LogP contribution is -2.41. The molecule has 170 valence electrons. The molecule has 2 aliphatic heterocycles. The molecule has 2 aliphatic rings. The smallest absolute Gasteiger partial charge is 0.254 e. The van der Waals surface area contributed by atoms with Gasteiger partial charge in [0.2, 0.25) is 0 Å². The maximum absolute atomic E-state index is 13.5. The first-order chi connectivity index (χ1) is 15.5. The molecule has 2 heterocycles. The van der Waals surface area contributed by atoms with Gasteiger partial charge in [0, 0.05) is 43.2 Å². The Balaban J connectivity index is 1.30. The molecule has 0 saturated carbocycles. The molecule has 4 rings (SSSR count). The highest BCUT2D eigenvalue weighted by atomic mass is 19.2. The van der Waals surface area contributed by atoms with Crippen LogP contribution in [0.3, 0.4) is 0 Å². The van der Waals surface area contributed by atoms with Crippen molar-refractivity contribution in [2.45, 2.75) is 12.8 Å². The normalized spacial score (nSPS) is 19.0. The molecule has 32 heavy (non-hydrogen) atoms. The van der Waals surface area contributed by atoms with Crippen LogP contribution in [0.4, 0.5) is 8.78 Å². The molecule has 1 atom stereocenters. The summed E-state index contributed by atoms with van der Waals surface area (Å²) in [4.78, 5) is 28.6. The van der Waals surface area contributed by atoms with Crippen molar-refractivity contribution < 1.29 is 27.8 Å². The highest BCUT2D eigenvalue weighted by Crippen LogP contribution is 2.22. The molecule has 0 aliphatic carbocycles. The first-order valence-corrected chi connectivity index (χ1v) is 10.9. The molecule has 0 spiro atoms. The number of amides is 2. The molecular weight excluding hydrogens is 418 g/mol. The van der Waals surface area contributed by atoms with E-state index in [9.17, 15) is 18.4 Å². The minimum Gasteiger partial charge on any atom is -0.493 e. The molecule has 6 nitrogen and oxygen atoms in total. The second kappa shape index (κ2) is 10.1. The second-order valence-corrected chi connectivity index (χ2v) is 8.13. The number of halogens is 2. The number of carbonyl (C=O) groups is 2. The van der Waals surface area contributed by atoms with Crippen LogP contribution in [0.5, 0.6) is 5.75 Å². The van der Waals surface area contributed by atoms with Gasteiger partial charge in [0.1, 0.15) is 5.75 Å². The van der Waals surface area contributed by atoms with Crippen LogP contribution < -0.4 is 4.74 Å². The number of nitrogens with zero attached hydrogens (tertiary/aromatic N) is 2. The van der Waals surface area contributed by atoms with Crippen molar-refractivity contribution in [1.29, 1.82) is 0 Å². The van der Waals surface area contributed by atoms with E-state index in [4.69, 9.17) is 9.47 Å². The number of piperidine rings is 1. The number of hydrogen-bond acceptors (Lipinski definition) is 4. The van der Waals surface area contributed by atoms with Crippen molar-refractivity contribution in [1.82, 2.24) is 9.80 Å². The van der Waals surface area contributed by atoms with E-state index in [0.29, 0.717) is 57.3 Å². The van der Waals surface area contributed by atoms with E-state index >= 15 is 0 Å². The van der Waals surface area contributed by atoms with E-state index in [1.54, 1.807) is 34.1 Å². The summed E-state index contributed by atoms with van der Waals surface area (Å²) in [6.45, 7) is 3.81. The quantitative estimate of drug-likeness (QED) is 0.710. The van der Waals surface area contributed by atoms with Gasteiger partial charge in [-0.3, -0.25) is 9.59 Å². The van der Waals surface area contributed by atoms with Gasteiger partial charge in [-0.15, -0.1) is 0 Å². The molecule has 2 amide bonds. The topological polar surface area (TPSA) is 59.1 Å². The Labute approximate surface area is 185 Å². The fraction of sp³-hybridized carbons (Fsp3) is 0.417. The van der Waals surface area contributed by atoms with Crippen LogP contribution in [0.15, 0.2) is 42.5 Å². The van der Waals surface area contributed by atoms with Gasteiger partial charge in [0.15, 0.2) is 11.6 Å². The zero-order valence-corrected chi connectivity index (χ0v) is 17.8. The van der Waals surface area contributed by atoms with E-state index in [1.165, 1.54) is 6.07 Å². The van der Waals surface area contributed by atoms with Crippen molar-refractivity contribution in [3.05, 3.63) is 65.2 Å². The Morgan fingerprint density at radius 3 is 2.31 bits per heavy atom. The Morgan fingerprint density at radius 2 is 1.59 bits per heavy atom. The van der Waals surface area contributed by atoms with E-state index in [0.717, 1.165) is 25.0 Å². The lowest BCUT2D eigenvalue weighted by Gasteiger charge is -2.32. The minimum absolute atomic E-state index is 0.0153. The summed E-state index contributed by atoms with van der Waals surface area (Å²) < 4.78 is 37.8. The van der Waals surface area contributed by atoms with Gasteiger partial charge in [-0.2, -0.15) is 0 Å².